The molecule has 0 aliphatic heterocycles. The molecule has 0 unspecified atom stereocenters. The van der Waals surface area contributed by atoms with Crippen molar-refractivity contribution in [2.75, 3.05) is 6.26 Å². The lowest BCUT2D eigenvalue weighted by Gasteiger charge is -2.24. The molecule has 0 spiro atoms. The normalized spacial score (nSPS) is 12.7. The van der Waals surface area contributed by atoms with Crippen molar-refractivity contribution in [1.29, 1.82) is 0 Å². The summed E-state index contributed by atoms with van der Waals surface area (Å²) >= 11 is 0. The van der Waals surface area contributed by atoms with Crippen molar-refractivity contribution in [3.8, 4) is 0 Å². The van der Waals surface area contributed by atoms with Gasteiger partial charge < -0.3 is 0 Å². The first kappa shape index (κ1) is 13.2. The highest BCUT2D eigenvalue weighted by Crippen LogP contribution is 2.14. The van der Waals surface area contributed by atoms with Crippen LogP contribution in [0.15, 0.2) is 30.3 Å². The second-order valence-corrected chi connectivity index (χ2v) is 6.49. The molecule has 0 atom stereocenters. The van der Waals surface area contributed by atoms with Crippen molar-refractivity contribution in [2.45, 2.75) is 32.2 Å². The second kappa shape index (κ2) is 4.97. The van der Waals surface area contributed by atoms with Crippen molar-refractivity contribution in [3.05, 3.63) is 35.9 Å². The van der Waals surface area contributed by atoms with E-state index in [0.29, 0.717) is 0 Å². The van der Waals surface area contributed by atoms with Gasteiger partial charge in [0, 0.05) is 5.54 Å². The van der Waals surface area contributed by atoms with E-state index in [9.17, 15) is 8.42 Å². The lowest BCUT2D eigenvalue weighted by molar-refractivity contribution is 0.424. The summed E-state index contributed by atoms with van der Waals surface area (Å²) in [6.07, 6.45) is 2.84. The topological polar surface area (TPSA) is 46.2 Å². The van der Waals surface area contributed by atoms with E-state index in [2.05, 4.69) is 16.9 Å². The highest BCUT2D eigenvalue weighted by molar-refractivity contribution is 7.88. The van der Waals surface area contributed by atoms with Gasteiger partial charge in [-0.2, -0.15) is 0 Å². The molecule has 4 heteroatoms. The smallest absolute Gasteiger partial charge is 0.209 e. The summed E-state index contributed by atoms with van der Waals surface area (Å²) in [7, 11) is -3.14. The van der Waals surface area contributed by atoms with Crippen LogP contribution in [0.3, 0.4) is 0 Å². The van der Waals surface area contributed by atoms with Crippen LogP contribution in [-0.2, 0) is 16.4 Å². The fourth-order valence-corrected chi connectivity index (χ4v) is 2.76. The SMILES string of the molecule is CC(C)(CCc1ccccc1)NS(C)(=O)=O. The van der Waals surface area contributed by atoms with E-state index < -0.39 is 15.6 Å². The van der Waals surface area contributed by atoms with Crippen LogP contribution in [0.25, 0.3) is 0 Å². The molecule has 1 rings (SSSR count). The van der Waals surface area contributed by atoms with Gasteiger partial charge in [-0.3, -0.25) is 0 Å². The van der Waals surface area contributed by atoms with Gasteiger partial charge in [0.1, 0.15) is 0 Å². The zero-order valence-corrected chi connectivity index (χ0v) is 10.8. The standard InChI is InChI=1S/C12H19NO2S/c1-12(2,13-16(3,14)15)10-9-11-7-5-4-6-8-11/h4-8,13H,9-10H2,1-3H3. The quantitative estimate of drug-likeness (QED) is 0.856. The summed E-state index contributed by atoms with van der Waals surface area (Å²) in [4.78, 5) is 0. The van der Waals surface area contributed by atoms with Crippen LogP contribution in [0.4, 0.5) is 0 Å². The van der Waals surface area contributed by atoms with E-state index >= 15 is 0 Å². The first-order valence-electron chi connectivity index (χ1n) is 5.31. The molecule has 1 aromatic rings. The Labute approximate surface area is 97.9 Å². The monoisotopic (exact) mass is 241 g/mol. The van der Waals surface area contributed by atoms with Gasteiger partial charge in [0.2, 0.25) is 10.0 Å². The Hall–Kier alpha value is -0.870. The minimum atomic E-state index is -3.14. The summed E-state index contributed by atoms with van der Waals surface area (Å²) in [5.74, 6) is 0. The van der Waals surface area contributed by atoms with Gasteiger partial charge in [0.05, 0.1) is 6.26 Å². The van der Waals surface area contributed by atoms with Crippen molar-refractivity contribution in [2.24, 2.45) is 0 Å². The van der Waals surface area contributed by atoms with Crippen LogP contribution in [0.1, 0.15) is 25.8 Å². The Balaban J connectivity index is 2.55. The molecule has 16 heavy (non-hydrogen) atoms. The zero-order chi connectivity index (χ0) is 12.2. The Bertz CT molecular complexity index is 424. The number of sulfonamides is 1. The lowest BCUT2D eigenvalue weighted by atomic mass is 9.97. The first-order valence-corrected chi connectivity index (χ1v) is 7.20. The van der Waals surface area contributed by atoms with Crippen LogP contribution >= 0.6 is 0 Å². The molecule has 0 bridgehead atoms. The van der Waals surface area contributed by atoms with Crippen molar-refractivity contribution < 1.29 is 8.42 Å². The van der Waals surface area contributed by atoms with Crippen molar-refractivity contribution in [3.63, 3.8) is 0 Å². The minimum Gasteiger partial charge on any atom is -0.213 e. The molecule has 0 aliphatic carbocycles. The highest BCUT2D eigenvalue weighted by Gasteiger charge is 2.21. The fourth-order valence-electron chi connectivity index (χ4n) is 1.65. The minimum absolute atomic E-state index is 0.399. The Morgan fingerprint density at radius 1 is 1.19 bits per heavy atom. The first-order chi connectivity index (χ1) is 7.29. The Kier molecular flexibility index (Phi) is 4.10. The van der Waals surface area contributed by atoms with E-state index in [1.54, 1.807) is 0 Å². The summed E-state index contributed by atoms with van der Waals surface area (Å²) < 4.78 is 24.9. The van der Waals surface area contributed by atoms with E-state index in [-0.39, 0.29) is 0 Å². The molecular formula is C12H19NO2S. The number of nitrogens with one attached hydrogen (secondary N) is 1. The van der Waals surface area contributed by atoms with Crippen molar-refractivity contribution in [1.82, 2.24) is 4.72 Å². The predicted molar refractivity (Wildman–Crippen MR) is 66.8 cm³/mol. The summed E-state index contributed by atoms with van der Waals surface area (Å²) in [5, 5.41) is 0. The largest absolute Gasteiger partial charge is 0.213 e. The number of hydrogen-bond acceptors (Lipinski definition) is 2. The maximum atomic E-state index is 11.1. The molecule has 0 heterocycles. The average Bonchev–Trinajstić information content (AvgIpc) is 2.13. The van der Waals surface area contributed by atoms with Crippen LogP contribution < -0.4 is 4.72 Å². The second-order valence-electron chi connectivity index (χ2n) is 4.74. The summed E-state index contributed by atoms with van der Waals surface area (Å²) in [6.45, 7) is 3.80. The van der Waals surface area contributed by atoms with Gasteiger partial charge >= 0.3 is 0 Å². The maximum Gasteiger partial charge on any atom is 0.209 e. The van der Waals surface area contributed by atoms with Gasteiger partial charge in [-0.25, -0.2) is 13.1 Å². The van der Waals surface area contributed by atoms with Crippen molar-refractivity contribution >= 4 is 10.0 Å². The third-order valence-corrected chi connectivity index (χ3v) is 3.27. The third-order valence-electron chi connectivity index (χ3n) is 2.34. The predicted octanol–water partition coefficient (Wildman–Crippen LogP) is 1.95. The number of rotatable bonds is 5. The molecule has 90 valence electrons. The van der Waals surface area contributed by atoms with Crippen LogP contribution in [0.5, 0.6) is 0 Å². The zero-order valence-electron chi connectivity index (χ0n) is 10.0. The van der Waals surface area contributed by atoms with Gasteiger partial charge in [-0.15, -0.1) is 0 Å². The molecule has 0 aromatic heterocycles. The fraction of sp³-hybridized carbons (Fsp3) is 0.500. The van der Waals surface area contributed by atoms with E-state index in [1.165, 1.54) is 11.8 Å². The highest BCUT2D eigenvalue weighted by atomic mass is 32.2. The van der Waals surface area contributed by atoms with Gasteiger partial charge in [0.15, 0.2) is 0 Å². The molecule has 1 N–H and O–H groups in total. The number of benzene rings is 1. The lowest BCUT2D eigenvalue weighted by Crippen LogP contribution is -2.43. The molecule has 0 aliphatic rings. The molecule has 0 radical (unpaired) electrons. The number of aryl methyl sites for hydroxylation is 1. The summed E-state index contributed by atoms with van der Waals surface area (Å²) in [5.41, 5.74) is 0.828. The van der Waals surface area contributed by atoms with Gasteiger partial charge in [-0.1, -0.05) is 30.3 Å². The molecule has 0 saturated carbocycles. The maximum absolute atomic E-state index is 11.1. The Morgan fingerprint density at radius 2 is 1.75 bits per heavy atom. The third kappa shape index (κ3) is 5.28. The molecule has 0 saturated heterocycles. The van der Waals surface area contributed by atoms with E-state index in [0.717, 1.165) is 12.8 Å². The number of hydrogen-bond donors (Lipinski definition) is 1. The summed E-state index contributed by atoms with van der Waals surface area (Å²) in [6, 6.07) is 10.1. The van der Waals surface area contributed by atoms with Crippen LogP contribution in [0, 0.1) is 0 Å². The molecule has 1 aromatic carbocycles. The molecule has 0 fully saturated rings. The molecule has 3 nitrogen and oxygen atoms in total. The van der Waals surface area contributed by atoms with E-state index in [4.69, 9.17) is 0 Å². The van der Waals surface area contributed by atoms with Gasteiger partial charge in [0.25, 0.3) is 0 Å². The Morgan fingerprint density at radius 3 is 2.25 bits per heavy atom. The molecular weight excluding hydrogens is 222 g/mol. The van der Waals surface area contributed by atoms with Crippen LogP contribution in [-0.4, -0.2) is 20.2 Å². The molecule has 0 amide bonds. The van der Waals surface area contributed by atoms with Crippen LogP contribution in [0.2, 0.25) is 0 Å². The van der Waals surface area contributed by atoms with E-state index in [1.807, 2.05) is 32.0 Å². The van der Waals surface area contributed by atoms with Gasteiger partial charge in [-0.05, 0) is 32.3 Å². The average molecular weight is 241 g/mol.